The van der Waals surface area contributed by atoms with Gasteiger partial charge >= 0.3 is 0 Å². The van der Waals surface area contributed by atoms with Crippen LogP contribution >= 0.6 is 0 Å². The zero-order valence-electron chi connectivity index (χ0n) is 29.7. The number of aromatic nitrogens is 4. The molecule has 0 fully saturated rings. The van der Waals surface area contributed by atoms with Crippen LogP contribution in [0.5, 0.6) is 0 Å². The Bertz CT molecular complexity index is 3130. The van der Waals surface area contributed by atoms with Gasteiger partial charge in [0.25, 0.3) is 0 Å². The Kier molecular flexibility index (Phi) is 6.53. The van der Waals surface area contributed by atoms with Crippen LogP contribution < -0.4 is 0 Å². The fraction of sp³-hybridized carbons (Fsp3) is 0.0612. The van der Waals surface area contributed by atoms with Gasteiger partial charge in [-0.25, -0.2) is 19.9 Å². The van der Waals surface area contributed by atoms with Gasteiger partial charge in [-0.2, -0.15) is 0 Å². The molecule has 0 spiro atoms. The number of fused-ring (bicyclic) bond motifs is 10. The molecule has 254 valence electrons. The summed E-state index contributed by atoms with van der Waals surface area (Å²) in [6, 6.07) is 54.9. The average Bonchev–Trinajstić information content (AvgIpc) is 3.77. The molecule has 0 atom stereocenters. The molecule has 0 unspecified atom stereocenters. The molecular formula is C49H32N4O. The van der Waals surface area contributed by atoms with E-state index in [0.717, 1.165) is 65.7 Å². The molecule has 0 bridgehead atoms. The van der Waals surface area contributed by atoms with Crippen LogP contribution in [0.1, 0.15) is 25.0 Å². The number of hydrogen-bond acceptors (Lipinski definition) is 5. The van der Waals surface area contributed by atoms with E-state index in [9.17, 15) is 0 Å². The van der Waals surface area contributed by atoms with Crippen molar-refractivity contribution in [3.05, 3.63) is 169 Å². The molecule has 0 radical (unpaired) electrons. The third-order valence-corrected chi connectivity index (χ3v) is 11.1. The number of nitrogens with zero attached hydrogens (tertiary/aromatic N) is 4. The van der Waals surface area contributed by atoms with Crippen LogP contribution in [0.4, 0.5) is 0 Å². The normalized spacial score (nSPS) is 13.1. The predicted molar refractivity (Wildman–Crippen MR) is 219 cm³/mol. The van der Waals surface area contributed by atoms with Crippen molar-refractivity contribution in [1.29, 1.82) is 0 Å². The smallest absolute Gasteiger partial charge is 0.227 e. The second kappa shape index (κ2) is 11.5. The van der Waals surface area contributed by atoms with Crippen molar-refractivity contribution in [3.8, 4) is 56.7 Å². The van der Waals surface area contributed by atoms with Gasteiger partial charge in [0, 0.05) is 38.4 Å². The van der Waals surface area contributed by atoms with Gasteiger partial charge in [-0.3, -0.25) is 0 Å². The monoisotopic (exact) mass is 692 g/mol. The Morgan fingerprint density at radius 1 is 0.426 bits per heavy atom. The maximum atomic E-state index is 6.59. The number of hydrogen-bond donors (Lipinski definition) is 0. The van der Waals surface area contributed by atoms with E-state index in [2.05, 4.69) is 117 Å². The summed E-state index contributed by atoms with van der Waals surface area (Å²) in [7, 11) is 0. The van der Waals surface area contributed by atoms with E-state index in [1.54, 1.807) is 0 Å². The standard InChI is InChI=1S/C49H32N4O/c1-49(2)39-19-10-9-16-35(39)38-28-33(23-26-40(38)49)46-51-45(31-12-5-3-6-13-31)52-47(53-46)37-18-11-17-36-34(37)25-22-29-20-21-30-24-27-41-44(43(30)42(29)36)54-48(50-41)32-14-7-4-8-15-32/h3-28H,1-2H3. The molecule has 1 aliphatic carbocycles. The van der Waals surface area contributed by atoms with Crippen molar-refractivity contribution < 1.29 is 4.42 Å². The summed E-state index contributed by atoms with van der Waals surface area (Å²) in [6.07, 6.45) is 0. The lowest BCUT2D eigenvalue weighted by Crippen LogP contribution is -2.14. The zero-order valence-corrected chi connectivity index (χ0v) is 29.7. The highest BCUT2D eigenvalue weighted by atomic mass is 16.3. The minimum Gasteiger partial charge on any atom is -0.435 e. The van der Waals surface area contributed by atoms with Crippen molar-refractivity contribution in [2.45, 2.75) is 19.3 Å². The molecule has 1 aliphatic rings. The first-order valence-corrected chi connectivity index (χ1v) is 18.3. The molecule has 10 aromatic rings. The Morgan fingerprint density at radius 2 is 1.06 bits per heavy atom. The van der Waals surface area contributed by atoms with E-state index >= 15 is 0 Å². The second-order valence-electron chi connectivity index (χ2n) is 14.6. The summed E-state index contributed by atoms with van der Waals surface area (Å²) in [4.78, 5) is 20.4. The SMILES string of the molecule is CC1(C)c2ccccc2-c2cc(-c3nc(-c4ccccc4)nc(-c4cccc5c4ccc4ccc6ccc7nc(-c8ccccc8)oc7c6c45)n3)ccc21. The Morgan fingerprint density at radius 3 is 1.87 bits per heavy atom. The molecule has 11 rings (SSSR count). The lowest BCUT2D eigenvalue weighted by Gasteiger charge is -2.21. The molecule has 5 heteroatoms. The number of oxazole rings is 1. The molecule has 0 N–H and O–H groups in total. The van der Waals surface area contributed by atoms with Gasteiger partial charge in [-0.15, -0.1) is 0 Å². The minimum atomic E-state index is -0.0831. The summed E-state index contributed by atoms with van der Waals surface area (Å²) in [6.45, 7) is 4.60. The first-order chi connectivity index (χ1) is 26.5. The Hall–Kier alpha value is -6.98. The quantitative estimate of drug-likeness (QED) is 0.172. The molecule has 8 aromatic carbocycles. The molecule has 54 heavy (non-hydrogen) atoms. The van der Waals surface area contributed by atoms with Crippen molar-refractivity contribution in [3.63, 3.8) is 0 Å². The maximum absolute atomic E-state index is 6.59. The van der Waals surface area contributed by atoms with Crippen LogP contribution in [0, 0.1) is 0 Å². The minimum absolute atomic E-state index is 0.0831. The van der Waals surface area contributed by atoms with Crippen LogP contribution in [0.25, 0.3) is 100 Å². The van der Waals surface area contributed by atoms with Crippen LogP contribution in [-0.4, -0.2) is 19.9 Å². The highest BCUT2D eigenvalue weighted by Gasteiger charge is 2.35. The third kappa shape index (κ3) is 4.58. The topological polar surface area (TPSA) is 64.7 Å². The van der Waals surface area contributed by atoms with E-state index in [4.69, 9.17) is 24.4 Å². The van der Waals surface area contributed by atoms with Crippen LogP contribution in [-0.2, 0) is 5.41 Å². The molecule has 0 amide bonds. The summed E-state index contributed by atoms with van der Waals surface area (Å²) in [5.74, 6) is 2.52. The van der Waals surface area contributed by atoms with Crippen molar-refractivity contribution >= 4 is 43.4 Å². The molecule has 5 nitrogen and oxygen atoms in total. The lowest BCUT2D eigenvalue weighted by molar-refractivity contribution is 0.623. The summed E-state index contributed by atoms with van der Waals surface area (Å²) in [5, 5.41) is 6.54. The largest absolute Gasteiger partial charge is 0.435 e. The molecule has 0 saturated carbocycles. The third-order valence-electron chi connectivity index (χ3n) is 11.1. The van der Waals surface area contributed by atoms with Gasteiger partial charge in [0.15, 0.2) is 23.1 Å². The van der Waals surface area contributed by atoms with E-state index in [1.165, 1.54) is 22.3 Å². The summed E-state index contributed by atoms with van der Waals surface area (Å²) >= 11 is 0. The van der Waals surface area contributed by atoms with E-state index in [-0.39, 0.29) is 5.41 Å². The zero-order chi connectivity index (χ0) is 36.0. The van der Waals surface area contributed by atoms with Gasteiger partial charge in [0.1, 0.15) is 5.52 Å². The molecule has 2 heterocycles. The van der Waals surface area contributed by atoms with E-state index in [0.29, 0.717) is 23.4 Å². The van der Waals surface area contributed by atoms with E-state index < -0.39 is 0 Å². The molecule has 0 saturated heterocycles. The van der Waals surface area contributed by atoms with Crippen LogP contribution in [0.2, 0.25) is 0 Å². The summed E-state index contributed by atoms with van der Waals surface area (Å²) in [5.41, 5.74) is 10.5. The van der Waals surface area contributed by atoms with Gasteiger partial charge in [0.2, 0.25) is 5.89 Å². The molecular weight excluding hydrogens is 661 g/mol. The first-order valence-electron chi connectivity index (χ1n) is 18.3. The molecule has 2 aromatic heterocycles. The van der Waals surface area contributed by atoms with Gasteiger partial charge in [-0.05, 0) is 68.1 Å². The predicted octanol–water partition coefficient (Wildman–Crippen LogP) is 12.4. The first kappa shape index (κ1) is 30.6. The van der Waals surface area contributed by atoms with Crippen LogP contribution in [0.3, 0.4) is 0 Å². The maximum Gasteiger partial charge on any atom is 0.227 e. The Labute approximate surface area is 311 Å². The van der Waals surface area contributed by atoms with Crippen molar-refractivity contribution in [2.75, 3.05) is 0 Å². The van der Waals surface area contributed by atoms with Gasteiger partial charge in [-0.1, -0.05) is 147 Å². The number of benzene rings is 8. The summed E-state index contributed by atoms with van der Waals surface area (Å²) < 4.78 is 6.59. The highest BCUT2D eigenvalue weighted by Crippen LogP contribution is 2.49. The molecule has 0 aliphatic heterocycles. The average molecular weight is 693 g/mol. The second-order valence-corrected chi connectivity index (χ2v) is 14.6. The lowest BCUT2D eigenvalue weighted by atomic mass is 9.82. The van der Waals surface area contributed by atoms with Gasteiger partial charge in [0.05, 0.1) is 0 Å². The van der Waals surface area contributed by atoms with Gasteiger partial charge < -0.3 is 4.42 Å². The van der Waals surface area contributed by atoms with E-state index in [1.807, 2.05) is 54.6 Å². The Balaban J connectivity index is 1.14. The highest BCUT2D eigenvalue weighted by molar-refractivity contribution is 6.27. The van der Waals surface area contributed by atoms with Crippen molar-refractivity contribution in [1.82, 2.24) is 19.9 Å². The van der Waals surface area contributed by atoms with Crippen molar-refractivity contribution in [2.24, 2.45) is 0 Å². The number of rotatable bonds is 4. The fourth-order valence-corrected chi connectivity index (χ4v) is 8.48. The van der Waals surface area contributed by atoms with Crippen LogP contribution in [0.15, 0.2) is 162 Å². The fourth-order valence-electron chi connectivity index (χ4n) is 8.48.